The predicted molar refractivity (Wildman–Crippen MR) is 90.3 cm³/mol. The van der Waals surface area contributed by atoms with E-state index in [4.69, 9.17) is 0 Å². The Labute approximate surface area is 152 Å². The summed E-state index contributed by atoms with van der Waals surface area (Å²) in [5.41, 5.74) is -0.246. The minimum Gasteiger partial charge on any atom is -0.484 e. The summed E-state index contributed by atoms with van der Waals surface area (Å²) in [6.07, 6.45) is -4.57. The van der Waals surface area contributed by atoms with Gasteiger partial charge in [0.05, 0.1) is 11.5 Å². The molecule has 0 aliphatic heterocycles. The number of amides is 1. The van der Waals surface area contributed by atoms with Crippen LogP contribution < -0.4 is 10.1 Å². The van der Waals surface area contributed by atoms with E-state index in [-0.39, 0.29) is 12.3 Å². The fourth-order valence-corrected chi connectivity index (χ4v) is 2.00. The lowest BCUT2D eigenvalue weighted by Crippen LogP contribution is -2.25. The number of halogens is 3. The van der Waals surface area contributed by atoms with E-state index < -0.39 is 34.9 Å². The molecule has 1 N–H and O–H groups in total. The van der Waals surface area contributed by atoms with E-state index in [9.17, 15) is 28.1 Å². The van der Waals surface area contributed by atoms with Crippen LogP contribution in [0.4, 0.5) is 18.9 Å². The third-order valence-electron chi connectivity index (χ3n) is 3.16. The first kappa shape index (κ1) is 19.8. The molecule has 0 aliphatic carbocycles. The van der Waals surface area contributed by atoms with Crippen LogP contribution in [0, 0.1) is 22.0 Å². The highest BCUT2D eigenvalue weighted by Crippen LogP contribution is 2.25. The normalized spacial score (nSPS) is 10.5. The van der Waals surface area contributed by atoms with Crippen LogP contribution in [0.1, 0.15) is 15.9 Å². The molecule has 2 aromatic rings. The predicted octanol–water partition coefficient (Wildman–Crippen LogP) is 3.32. The third kappa shape index (κ3) is 6.36. The molecule has 0 spiro atoms. The molecule has 0 radical (unpaired) electrons. The Morgan fingerprint density at radius 2 is 1.89 bits per heavy atom. The van der Waals surface area contributed by atoms with Gasteiger partial charge in [-0.25, -0.2) is 0 Å². The number of nitrogens with zero attached hydrogens (tertiary/aromatic N) is 1. The van der Waals surface area contributed by atoms with Crippen molar-refractivity contribution in [3.05, 3.63) is 69.8 Å². The zero-order valence-electron chi connectivity index (χ0n) is 13.7. The zero-order chi connectivity index (χ0) is 19.9. The summed E-state index contributed by atoms with van der Waals surface area (Å²) >= 11 is 0. The van der Waals surface area contributed by atoms with Crippen LogP contribution in [0.25, 0.3) is 0 Å². The number of alkyl halides is 3. The van der Waals surface area contributed by atoms with Crippen molar-refractivity contribution >= 4 is 11.6 Å². The van der Waals surface area contributed by atoms with Crippen LogP contribution in [-0.2, 0) is 0 Å². The molecule has 0 unspecified atom stereocenters. The molecule has 0 fully saturated rings. The molecule has 0 bridgehead atoms. The minimum absolute atomic E-state index is 0.0987. The molecule has 0 aromatic heterocycles. The van der Waals surface area contributed by atoms with E-state index in [1.54, 1.807) is 24.3 Å². The van der Waals surface area contributed by atoms with Gasteiger partial charge in [-0.3, -0.25) is 14.9 Å². The number of nitro benzene ring substituents is 1. The molecular weight excluding hydrogens is 365 g/mol. The highest BCUT2D eigenvalue weighted by atomic mass is 19.4. The molecule has 1 amide bonds. The van der Waals surface area contributed by atoms with Crippen LogP contribution in [0.15, 0.2) is 48.5 Å². The maximum absolute atomic E-state index is 12.2. The number of carbonyl (C=O) groups excluding carboxylic acids is 1. The Balaban J connectivity index is 2.10. The van der Waals surface area contributed by atoms with Crippen molar-refractivity contribution in [1.29, 1.82) is 0 Å². The largest absolute Gasteiger partial charge is 0.484 e. The van der Waals surface area contributed by atoms with Crippen molar-refractivity contribution in [3.63, 3.8) is 0 Å². The molecule has 9 heteroatoms. The number of rotatable bonds is 5. The molecule has 0 heterocycles. The molecule has 0 atom stereocenters. The standard InChI is InChI=1S/C18H13F3N2O4/c19-18(20,21)12-27-14-8-9-16(23(25)26)15(11-14)17(24)22-10-4-7-13-5-2-1-3-6-13/h1-3,5-6,8-9,11H,10,12H2,(H,22,24). The van der Waals surface area contributed by atoms with Gasteiger partial charge >= 0.3 is 6.18 Å². The quantitative estimate of drug-likeness (QED) is 0.492. The number of benzene rings is 2. The summed E-state index contributed by atoms with van der Waals surface area (Å²) < 4.78 is 41.2. The van der Waals surface area contributed by atoms with Gasteiger partial charge in [0.2, 0.25) is 0 Å². The van der Waals surface area contributed by atoms with Crippen LogP contribution >= 0.6 is 0 Å². The molecule has 0 saturated carbocycles. The van der Waals surface area contributed by atoms with Gasteiger partial charge in [0.15, 0.2) is 6.61 Å². The Morgan fingerprint density at radius 1 is 1.19 bits per heavy atom. The Kier molecular flexibility index (Phi) is 6.38. The lowest BCUT2D eigenvalue weighted by molar-refractivity contribution is -0.385. The SMILES string of the molecule is O=C(NCC#Cc1ccccc1)c1cc(OCC(F)(F)F)ccc1[N+](=O)[O-]. The molecule has 2 rings (SSSR count). The van der Waals surface area contributed by atoms with Gasteiger partial charge in [0, 0.05) is 11.6 Å². The summed E-state index contributed by atoms with van der Waals surface area (Å²) in [6.45, 7) is -1.67. The monoisotopic (exact) mass is 378 g/mol. The molecule has 0 aliphatic rings. The second-order valence-corrected chi connectivity index (χ2v) is 5.19. The first-order valence-corrected chi connectivity index (χ1v) is 7.56. The topological polar surface area (TPSA) is 81.5 Å². The summed E-state index contributed by atoms with van der Waals surface area (Å²) in [4.78, 5) is 22.4. The van der Waals surface area contributed by atoms with Crippen LogP contribution in [0.5, 0.6) is 5.75 Å². The van der Waals surface area contributed by atoms with Crippen molar-refractivity contribution in [1.82, 2.24) is 5.32 Å². The van der Waals surface area contributed by atoms with Crippen molar-refractivity contribution in [2.45, 2.75) is 6.18 Å². The Hall–Kier alpha value is -3.54. The molecule has 6 nitrogen and oxygen atoms in total. The van der Waals surface area contributed by atoms with E-state index in [0.717, 1.165) is 23.8 Å². The van der Waals surface area contributed by atoms with E-state index in [1.807, 2.05) is 6.07 Å². The fourth-order valence-electron chi connectivity index (χ4n) is 2.00. The number of nitrogens with one attached hydrogen (secondary N) is 1. The molecule has 27 heavy (non-hydrogen) atoms. The maximum atomic E-state index is 12.2. The smallest absolute Gasteiger partial charge is 0.422 e. The average Bonchev–Trinajstić information content (AvgIpc) is 2.63. The third-order valence-corrected chi connectivity index (χ3v) is 3.16. The second kappa shape index (κ2) is 8.71. The fraction of sp³-hybridized carbons (Fsp3) is 0.167. The van der Waals surface area contributed by atoms with Crippen molar-refractivity contribution in [2.75, 3.05) is 13.2 Å². The maximum Gasteiger partial charge on any atom is 0.422 e. The second-order valence-electron chi connectivity index (χ2n) is 5.19. The number of nitro groups is 1. The van der Waals surface area contributed by atoms with Crippen LogP contribution in [0.2, 0.25) is 0 Å². The molecule has 2 aromatic carbocycles. The van der Waals surface area contributed by atoms with E-state index in [1.165, 1.54) is 0 Å². The lowest BCUT2D eigenvalue weighted by Gasteiger charge is -2.10. The minimum atomic E-state index is -4.57. The van der Waals surface area contributed by atoms with Gasteiger partial charge in [-0.2, -0.15) is 13.2 Å². The zero-order valence-corrected chi connectivity index (χ0v) is 13.7. The molecule has 140 valence electrons. The number of carbonyl (C=O) groups is 1. The van der Waals surface area contributed by atoms with E-state index in [0.29, 0.717) is 0 Å². The number of hydrogen-bond donors (Lipinski definition) is 1. The van der Waals surface area contributed by atoms with Gasteiger partial charge in [-0.05, 0) is 24.3 Å². The van der Waals surface area contributed by atoms with Crippen LogP contribution in [-0.4, -0.2) is 30.2 Å². The van der Waals surface area contributed by atoms with E-state index in [2.05, 4.69) is 21.9 Å². The first-order valence-electron chi connectivity index (χ1n) is 7.56. The summed E-state index contributed by atoms with van der Waals surface area (Å²) in [5.74, 6) is 4.31. The van der Waals surface area contributed by atoms with Gasteiger partial charge in [-0.1, -0.05) is 30.0 Å². The Bertz CT molecular complexity index is 887. The van der Waals surface area contributed by atoms with Gasteiger partial charge in [0.1, 0.15) is 11.3 Å². The van der Waals surface area contributed by atoms with Crippen molar-refractivity contribution in [2.24, 2.45) is 0 Å². The number of ether oxygens (including phenoxy) is 1. The van der Waals surface area contributed by atoms with Crippen LogP contribution in [0.3, 0.4) is 0 Å². The lowest BCUT2D eigenvalue weighted by atomic mass is 10.1. The van der Waals surface area contributed by atoms with E-state index >= 15 is 0 Å². The van der Waals surface area contributed by atoms with Crippen molar-refractivity contribution in [3.8, 4) is 17.6 Å². The summed E-state index contributed by atoms with van der Waals surface area (Å²) in [7, 11) is 0. The summed E-state index contributed by atoms with van der Waals surface area (Å²) in [5, 5.41) is 13.4. The first-order chi connectivity index (χ1) is 12.8. The number of hydrogen-bond acceptors (Lipinski definition) is 4. The Morgan fingerprint density at radius 3 is 2.52 bits per heavy atom. The van der Waals surface area contributed by atoms with Gasteiger partial charge < -0.3 is 10.1 Å². The van der Waals surface area contributed by atoms with Gasteiger partial charge in [-0.15, -0.1) is 0 Å². The average molecular weight is 378 g/mol. The molecule has 0 saturated heterocycles. The molecular formula is C18H13F3N2O4. The highest BCUT2D eigenvalue weighted by Gasteiger charge is 2.29. The highest BCUT2D eigenvalue weighted by molar-refractivity contribution is 5.98. The summed E-state index contributed by atoms with van der Waals surface area (Å²) in [6, 6.07) is 11.7. The van der Waals surface area contributed by atoms with Crippen molar-refractivity contribution < 1.29 is 27.6 Å². The van der Waals surface area contributed by atoms with Gasteiger partial charge in [0.25, 0.3) is 11.6 Å².